The number of hydrogen-bond acceptors (Lipinski definition) is 3. The molecule has 0 radical (unpaired) electrons. The first-order chi connectivity index (χ1) is 11.2. The van der Waals surface area contributed by atoms with Crippen molar-refractivity contribution in [2.24, 2.45) is 5.10 Å². The molecule has 5 nitrogen and oxygen atoms in total. The van der Waals surface area contributed by atoms with Gasteiger partial charge in [-0.1, -0.05) is 0 Å². The fraction of sp³-hybridized carbons (Fsp3) is 0.294. The molecule has 23 heavy (non-hydrogen) atoms. The summed E-state index contributed by atoms with van der Waals surface area (Å²) in [6, 6.07) is 12.1. The van der Waals surface area contributed by atoms with Crippen molar-refractivity contribution in [1.29, 1.82) is 0 Å². The SMILES string of the molecule is CCNC(=S)N1N=C(c2ccc(OC)cc2)CC1c1ccc[nH]1. The lowest BCUT2D eigenvalue weighted by Gasteiger charge is -2.23. The quantitative estimate of drug-likeness (QED) is 0.847. The molecule has 0 bridgehead atoms. The van der Waals surface area contributed by atoms with E-state index in [-0.39, 0.29) is 6.04 Å². The molecule has 1 aromatic heterocycles. The van der Waals surface area contributed by atoms with Crippen LogP contribution in [0.3, 0.4) is 0 Å². The number of benzene rings is 1. The van der Waals surface area contributed by atoms with E-state index in [2.05, 4.69) is 16.4 Å². The van der Waals surface area contributed by atoms with Crippen molar-refractivity contribution in [3.63, 3.8) is 0 Å². The van der Waals surface area contributed by atoms with Crippen molar-refractivity contribution in [3.8, 4) is 5.75 Å². The minimum absolute atomic E-state index is 0.0913. The molecule has 120 valence electrons. The van der Waals surface area contributed by atoms with E-state index >= 15 is 0 Å². The van der Waals surface area contributed by atoms with Gasteiger partial charge in [0.15, 0.2) is 5.11 Å². The number of nitrogens with zero attached hydrogens (tertiary/aromatic N) is 2. The Balaban J connectivity index is 1.88. The average Bonchev–Trinajstić information content (AvgIpc) is 3.24. The Morgan fingerprint density at radius 2 is 2.17 bits per heavy atom. The van der Waals surface area contributed by atoms with Crippen LogP contribution in [0, 0.1) is 0 Å². The van der Waals surface area contributed by atoms with Crippen LogP contribution >= 0.6 is 12.2 Å². The summed E-state index contributed by atoms with van der Waals surface area (Å²) in [5.41, 5.74) is 3.22. The summed E-state index contributed by atoms with van der Waals surface area (Å²) in [6.45, 7) is 2.81. The van der Waals surface area contributed by atoms with Gasteiger partial charge in [-0.2, -0.15) is 5.10 Å². The summed E-state index contributed by atoms with van der Waals surface area (Å²) < 4.78 is 5.22. The van der Waals surface area contributed by atoms with E-state index in [1.54, 1.807) is 7.11 Å². The maximum absolute atomic E-state index is 5.48. The Kier molecular flexibility index (Phi) is 4.62. The zero-order chi connectivity index (χ0) is 16.2. The molecular formula is C17H20N4OS. The van der Waals surface area contributed by atoms with Crippen molar-refractivity contribution < 1.29 is 4.74 Å². The normalized spacial score (nSPS) is 17.0. The minimum atomic E-state index is 0.0913. The van der Waals surface area contributed by atoms with Gasteiger partial charge in [-0.15, -0.1) is 0 Å². The maximum Gasteiger partial charge on any atom is 0.190 e. The van der Waals surface area contributed by atoms with Crippen LogP contribution in [0.15, 0.2) is 47.7 Å². The molecule has 2 aromatic rings. The van der Waals surface area contributed by atoms with Gasteiger partial charge in [-0.25, -0.2) is 5.01 Å². The first-order valence-electron chi connectivity index (χ1n) is 7.65. The van der Waals surface area contributed by atoms with Crippen molar-refractivity contribution >= 4 is 23.0 Å². The fourth-order valence-corrected chi connectivity index (χ4v) is 2.99. The predicted octanol–water partition coefficient (Wildman–Crippen LogP) is 3.07. The number of rotatable bonds is 4. The van der Waals surface area contributed by atoms with Crippen LogP contribution in [-0.4, -0.2) is 34.5 Å². The van der Waals surface area contributed by atoms with Crippen LogP contribution in [0.5, 0.6) is 5.75 Å². The molecule has 0 saturated heterocycles. The predicted molar refractivity (Wildman–Crippen MR) is 95.8 cm³/mol. The number of aromatic nitrogens is 1. The number of aromatic amines is 1. The van der Waals surface area contributed by atoms with E-state index < -0.39 is 0 Å². The summed E-state index contributed by atoms with van der Waals surface area (Å²) in [5, 5.41) is 10.5. The molecule has 0 fully saturated rings. The molecule has 3 rings (SSSR count). The summed E-state index contributed by atoms with van der Waals surface area (Å²) >= 11 is 5.48. The fourth-order valence-electron chi connectivity index (χ4n) is 2.68. The van der Waals surface area contributed by atoms with E-state index in [0.29, 0.717) is 5.11 Å². The zero-order valence-corrected chi connectivity index (χ0v) is 14.1. The molecule has 2 heterocycles. The molecule has 1 aromatic carbocycles. The van der Waals surface area contributed by atoms with Crippen LogP contribution in [-0.2, 0) is 0 Å². The Bertz CT molecular complexity index is 694. The summed E-state index contributed by atoms with van der Waals surface area (Å²) in [4.78, 5) is 3.27. The van der Waals surface area contributed by atoms with Crippen molar-refractivity contribution in [2.45, 2.75) is 19.4 Å². The third kappa shape index (κ3) is 3.22. The number of H-pyrrole nitrogens is 1. The average molecular weight is 328 g/mol. The van der Waals surface area contributed by atoms with Gasteiger partial charge in [0.1, 0.15) is 11.8 Å². The monoisotopic (exact) mass is 328 g/mol. The van der Waals surface area contributed by atoms with E-state index in [1.807, 2.05) is 48.5 Å². The summed E-state index contributed by atoms with van der Waals surface area (Å²) in [6.07, 6.45) is 2.73. The molecule has 6 heteroatoms. The van der Waals surface area contributed by atoms with Gasteiger partial charge in [0.25, 0.3) is 0 Å². The highest BCUT2D eigenvalue weighted by Gasteiger charge is 2.31. The lowest BCUT2D eigenvalue weighted by atomic mass is 10.0. The lowest BCUT2D eigenvalue weighted by molar-refractivity contribution is 0.359. The van der Waals surface area contributed by atoms with Gasteiger partial charge in [0.2, 0.25) is 0 Å². The molecule has 2 N–H and O–H groups in total. The molecule has 1 atom stereocenters. The first-order valence-corrected chi connectivity index (χ1v) is 8.06. The number of ether oxygens (including phenoxy) is 1. The van der Waals surface area contributed by atoms with Crippen LogP contribution in [0.1, 0.15) is 30.6 Å². The molecule has 1 unspecified atom stereocenters. The molecule has 0 aliphatic carbocycles. The zero-order valence-electron chi connectivity index (χ0n) is 13.2. The first kappa shape index (κ1) is 15.6. The van der Waals surface area contributed by atoms with Gasteiger partial charge in [-0.05, 0) is 61.1 Å². The molecule has 0 saturated carbocycles. The number of thiocarbonyl (C=S) groups is 1. The van der Waals surface area contributed by atoms with Crippen molar-refractivity contribution in [2.75, 3.05) is 13.7 Å². The topological polar surface area (TPSA) is 52.6 Å². The molecule has 1 aliphatic heterocycles. The van der Waals surface area contributed by atoms with Crippen molar-refractivity contribution in [3.05, 3.63) is 53.9 Å². The highest BCUT2D eigenvalue weighted by Crippen LogP contribution is 2.32. The van der Waals surface area contributed by atoms with Crippen LogP contribution in [0.2, 0.25) is 0 Å². The van der Waals surface area contributed by atoms with Gasteiger partial charge in [0, 0.05) is 24.9 Å². The smallest absolute Gasteiger partial charge is 0.190 e. The second-order valence-corrected chi connectivity index (χ2v) is 5.69. The Morgan fingerprint density at radius 1 is 1.39 bits per heavy atom. The van der Waals surface area contributed by atoms with Crippen LogP contribution in [0.4, 0.5) is 0 Å². The third-order valence-electron chi connectivity index (χ3n) is 3.85. The molecular weight excluding hydrogens is 308 g/mol. The van der Waals surface area contributed by atoms with Gasteiger partial charge in [-0.3, -0.25) is 0 Å². The summed E-state index contributed by atoms with van der Waals surface area (Å²) in [5.74, 6) is 0.841. The van der Waals surface area contributed by atoms with Gasteiger partial charge in [0.05, 0.1) is 12.8 Å². The van der Waals surface area contributed by atoms with Crippen molar-refractivity contribution in [1.82, 2.24) is 15.3 Å². The third-order valence-corrected chi connectivity index (χ3v) is 4.18. The number of methoxy groups -OCH3 is 1. The highest BCUT2D eigenvalue weighted by atomic mass is 32.1. The lowest BCUT2D eigenvalue weighted by Crippen LogP contribution is -2.36. The standard InChI is InChI=1S/C17H20N4OS/c1-3-18-17(23)21-16(14-5-4-10-19-14)11-15(20-21)12-6-8-13(22-2)9-7-12/h4-10,16,19H,3,11H2,1-2H3,(H,18,23). The Hall–Kier alpha value is -2.34. The van der Waals surface area contributed by atoms with Gasteiger partial charge >= 0.3 is 0 Å². The Morgan fingerprint density at radius 3 is 2.78 bits per heavy atom. The summed E-state index contributed by atoms with van der Waals surface area (Å²) in [7, 11) is 1.67. The second kappa shape index (κ2) is 6.83. The minimum Gasteiger partial charge on any atom is -0.497 e. The van der Waals surface area contributed by atoms with Crippen LogP contribution < -0.4 is 10.1 Å². The van der Waals surface area contributed by atoms with E-state index in [9.17, 15) is 0 Å². The molecule has 0 spiro atoms. The van der Waals surface area contributed by atoms with E-state index in [4.69, 9.17) is 22.1 Å². The van der Waals surface area contributed by atoms with E-state index in [1.165, 1.54) is 0 Å². The van der Waals surface area contributed by atoms with E-state index in [0.717, 1.165) is 35.7 Å². The number of hydrazone groups is 1. The molecule has 0 amide bonds. The van der Waals surface area contributed by atoms with Gasteiger partial charge < -0.3 is 15.0 Å². The second-order valence-electron chi connectivity index (χ2n) is 5.30. The van der Waals surface area contributed by atoms with Crippen LogP contribution in [0.25, 0.3) is 0 Å². The Labute approximate surface area is 141 Å². The maximum atomic E-state index is 5.48. The number of hydrogen-bond donors (Lipinski definition) is 2. The molecule has 1 aliphatic rings. The number of nitrogens with one attached hydrogen (secondary N) is 2. The largest absolute Gasteiger partial charge is 0.497 e. The highest BCUT2D eigenvalue weighted by molar-refractivity contribution is 7.80.